The maximum absolute atomic E-state index is 14.5. The van der Waals surface area contributed by atoms with Gasteiger partial charge in [-0.2, -0.15) is 22.7 Å². The summed E-state index contributed by atoms with van der Waals surface area (Å²) < 4.78 is 132. The fraction of sp³-hybridized carbons (Fsp3) is 0.277. The van der Waals surface area contributed by atoms with E-state index in [1.54, 1.807) is 127 Å². The monoisotopic (exact) mass is 2240 g/mol. The number of rotatable bonds is 21. The predicted molar refractivity (Wildman–Crippen MR) is 557 cm³/mol. The van der Waals surface area contributed by atoms with E-state index in [0.29, 0.717) is 81.9 Å². The first kappa shape index (κ1) is 109. The zero-order valence-corrected chi connectivity index (χ0v) is 88.0. The van der Waals surface area contributed by atoms with Crippen LogP contribution in [-0.4, -0.2) is 181 Å². The minimum Gasteiger partial charge on any atom is -0.498 e. The summed E-state index contributed by atoms with van der Waals surface area (Å²) in [7, 11) is 3.86. The minimum absolute atomic E-state index is 0.00334. The van der Waals surface area contributed by atoms with Crippen molar-refractivity contribution in [1.29, 1.82) is 0 Å². The van der Waals surface area contributed by atoms with Crippen LogP contribution in [0, 0.1) is 23.6 Å². The Hall–Kier alpha value is -12.0. The average Bonchev–Trinajstić information content (AvgIpc) is 1.75. The zero-order chi connectivity index (χ0) is 104. The predicted octanol–water partition coefficient (Wildman–Crippen LogP) is 20.6. The SMILES string of the molecule is CC1(C)C(=O)N(Cl)C(=O)N1Cl.COc1cc(Br)c(Cl)cc1-n1c(=O)ccc2cc(SCc3ccccc3)ccc21.COc1cc(C2C[C@H]2C(F)(F)F)c(Cl)cc1-n1c(=O)ccc2cc(SCc3ccccc3)ccc21.COc1ccc(CN(c2cccnn2)S(=O)(=O)c2ccc3c(ccc(=O)n3-c3cc(F)c(Br)cc3OC)c2)cc1.C[C@H]1CC1B1OC(=O)CN(C)CC(=O)O1.C[C@H]1CC1B1OC(=O)CN(C)CC(=O)O1. The number of anilines is 1. The highest BCUT2D eigenvalue weighted by atomic mass is 79.9. The molecule has 13 aromatic rings. The zero-order valence-electron chi connectivity index (χ0n) is 79.4. The second-order valence-corrected chi connectivity index (χ2v) is 42.2. The van der Waals surface area contributed by atoms with Crippen LogP contribution in [0.25, 0.3) is 49.8 Å². The Morgan fingerprint density at radius 3 is 1.33 bits per heavy atom. The van der Waals surface area contributed by atoms with E-state index in [1.165, 1.54) is 115 Å². The lowest BCUT2D eigenvalue weighted by atomic mass is 9.80. The molecule has 19 rings (SSSR count). The second-order valence-electron chi connectivity index (χ2n) is 35.1. The Labute approximate surface area is 877 Å². The molecular weight excluding hydrogens is 2150 g/mol. The van der Waals surface area contributed by atoms with Gasteiger partial charge in [0.05, 0.1) is 115 Å². The van der Waals surface area contributed by atoms with Crippen molar-refractivity contribution in [2.45, 2.75) is 109 Å². The fourth-order valence-corrected chi connectivity index (χ4v) is 20.8. The molecule has 3 saturated heterocycles. The van der Waals surface area contributed by atoms with E-state index in [2.05, 4.69) is 86.2 Å². The highest BCUT2D eigenvalue weighted by Gasteiger charge is 2.57. The minimum atomic E-state index is -4.26. The van der Waals surface area contributed by atoms with E-state index >= 15 is 0 Å². The van der Waals surface area contributed by atoms with Crippen LogP contribution in [0.15, 0.2) is 269 Å². The third kappa shape index (κ3) is 26.5. The lowest BCUT2D eigenvalue weighted by Gasteiger charge is -2.23. The first-order valence-electron chi connectivity index (χ1n) is 45.0. The van der Waals surface area contributed by atoms with Gasteiger partial charge in [-0.05, 0) is 257 Å². The van der Waals surface area contributed by atoms with Gasteiger partial charge in [0.1, 0.15) is 34.4 Å². The summed E-state index contributed by atoms with van der Waals surface area (Å²) in [5.41, 5.74) is 4.68. The van der Waals surface area contributed by atoms with Crippen LogP contribution < -0.4 is 39.9 Å². The molecule has 3 aliphatic heterocycles. The summed E-state index contributed by atoms with van der Waals surface area (Å²) in [6.07, 6.45) is -0.885. The molecule has 145 heavy (non-hydrogen) atoms. The second kappa shape index (κ2) is 47.3. The van der Waals surface area contributed by atoms with E-state index in [-0.39, 0.29) is 117 Å². The molecule has 6 atom stereocenters. The average molecular weight is 2250 g/mol. The normalized spacial score (nSPS) is 18.1. The first-order valence-corrected chi connectivity index (χ1v) is 51.4. The van der Waals surface area contributed by atoms with Gasteiger partial charge in [0, 0.05) is 102 Å². The van der Waals surface area contributed by atoms with Gasteiger partial charge in [-0.3, -0.25) is 61.9 Å². The quantitative estimate of drug-likeness (QED) is 0.0212. The number of ether oxygens (including phenoxy) is 4. The Kier molecular flexibility index (Phi) is 35.5. The molecule has 3 unspecified atom stereocenters. The number of pyridine rings is 3. The Balaban J connectivity index is 0.000000145. The summed E-state index contributed by atoms with van der Waals surface area (Å²) in [4.78, 5) is 111. The number of amides is 3. The van der Waals surface area contributed by atoms with Crippen molar-refractivity contribution in [2.24, 2.45) is 17.8 Å². The van der Waals surface area contributed by atoms with Gasteiger partial charge >= 0.3 is 50.3 Å². The largest absolute Gasteiger partial charge is 0.602 e. The smallest absolute Gasteiger partial charge is 0.498 e. The highest BCUT2D eigenvalue weighted by Crippen LogP contribution is 2.58. The molecule has 756 valence electrons. The molecule has 3 amide bonds. The van der Waals surface area contributed by atoms with E-state index in [1.807, 2.05) is 72.8 Å². The van der Waals surface area contributed by atoms with Gasteiger partial charge in [0.25, 0.3) is 32.6 Å². The third-order valence-corrected chi connectivity index (χ3v) is 31.1. The Morgan fingerprint density at radius 2 is 0.938 bits per heavy atom. The number of methoxy groups -OCH3 is 4. The van der Waals surface area contributed by atoms with Gasteiger partial charge in [-0.25, -0.2) is 26.3 Å². The summed E-state index contributed by atoms with van der Waals surface area (Å²) in [5.74, 6) is 0.464. The summed E-state index contributed by atoms with van der Waals surface area (Å²) in [5, 5.41) is 10.9. The van der Waals surface area contributed by atoms with Crippen molar-refractivity contribution in [2.75, 3.05) is 73.0 Å². The molecule has 44 heteroatoms. The fourth-order valence-electron chi connectivity index (χ4n) is 16.0. The number of carbonyl (C=O) groups is 6. The topological polar surface area (TPSA) is 318 Å². The van der Waals surface area contributed by atoms with Crippen LogP contribution in [-0.2, 0) is 70.7 Å². The maximum atomic E-state index is 14.5. The lowest BCUT2D eigenvalue weighted by Crippen LogP contribution is -2.42. The van der Waals surface area contributed by atoms with Crippen LogP contribution in [0.2, 0.25) is 21.7 Å². The maximum Gasteiger partial charge on any atom is 0.602 e. The van der Waals surface area contributed by atoms with Gasteiger partial charge in [0.2, 0.25) is 0 Å². The van der Waals surface area contributed by atoms with Crippen molar-refractivity contribution in [3.63, 3.8) is 0 Å². The van der Waals surface area contributed by atoms with Crippen LogP contribution in [0.5, 0.6) is 23.0 Å². The van der Waals surface area contributed by atoms with E-state index in [4.69, 9.17) is 84.3 Å². The van der Waals surface area contributed by atoms with Crippen molar-refractivity contribution < 1.29 is 92.3 Å². The van der Waals surface area contributed by atoms with Gasteiger partial charge in [0.15, 0.2) is 5.82 Å². The number of likely N-dealkylation sites (N-methyl/N-ethyl adjacent to an activating group) is 2. The molecule has 0 N–H and O–H groups in total. The Morgan fingerprint density at radius 1 is 0.510 bits per heavy atom. The molecule has 6 aliphatic rings. The molecule has 29 nitrogen and oxygen atoms in total. The molecule has 3 aliphatic carbocycles. The van der Waals surface area contributed by atoms with Crippen LogP contribution in [0.4, 0.5) is 28.2 Å². The molecule has 9 aromatic carbocycles. The number of nitrogens with zero attached hydrogens (tertiary/aromatic N) is 10. The van der Waals surface area contributed by atoms with Crippen molar-refractivity contribution in [1.82, 2.24) is 42.5 Å². The number of imide groups is 1. The first-order chi connectivity index (χ1) is 69.0. The molecule has 0 bridgehead atoms. The number of fused-ring (bicyclic) bond motifs is 3. The number of thioether (sulfide) groups is 2. The number of urea groups is 1. The van der Waals surface area contributed by atoms with Gasteiger partial charge < -0.3 is 37.6 Å². The van der Waals surface area contributed by atoms with Crippen LogP contribution in [0.3, 0.4) is 0 Å². The summed E-state index contributed by atoms with van der Waals surface area (Å²) in [6, 6.07) is 64.9. The molecule has 4 aromatic heterocycles. The number of benzene rings is 9. The Bertz CT molecular complexity index is 7260. The summed E-state index contributed by atoms with van der Waals surface area (Å²) >= 11 is 33.5. The molecule has 3 saturated carbocycles. The van der Waals surface area contributed by atoms with Crippen LogP contribution >= 0.6 is 102 Å². The van der Waals surface area contributed by atoms with Gasteiger partial charge in [-0.1, -0.05) is 110 Å². The summed E-state index contributed by atoms with van der Waals surface area (Å²) in [6.45, 7) is 7.70. The molecule has 0 radical (unpaired) electrons. The van der Waals surface area contributed by atoms with E-state index in [9.17, 15) is 69.1 Å². The number of carbonyl (C=O) groups excluding carboxylic acids is 6. The number of halogens is 10. The molecular formula is C101H94B2Br2Cl4F4N10O19S3. The number of alkyl halides is 3. The highest BCUT2D eigenvalue weighted by molar-refractivity contribution is 9.10. The number of sulfonamides is 1. The number of hydrogen-bond acceptors (Lipinski definition) is 25. The molecule has 7 heterocycles. The molecule has 6 fully saturated rings. The number of aromatic nitrogens is 5. The standard InChI is InChI=1S/C28H22BrFN4O5S.C27H21ClF3NO2S.C23H17BrClNO2S.2C9H14BNO4.C5H6Cl2N2O2/c1-38-20-8-5-18(6-9-20)17-33(27-4-3-13-31-32-27)40(36,37)21-10-11-24-19(14-21)7-12-28(35)34(24)25-16-23(30)22(29)15-26(25)39-2;1-34-25-13-20(19-12-21(19)27(29,30)31)22(28)14-24(25)32-23-9-8-18(11-17(23)7-10-26(32)33)35-15-16-5-3-2-4-6-16;1-28-22-12-18(24)19(25)13-21(22)26-20-9-8-17(11-16(20)7-10-23(26)27)29-14-15-5-3-2-4-6-15;2*1-6-3-7(6)10-14-8(12)4-11(2)5-9(13)15-10;1-5(2)3(10)8(6)4(11)9(5)7/h3-16H,17H2,1-2H3;2-11,13-14,19,21H,12,15H2,1H3;2-13H,14H2,1H3;2*6-7H,3-5H2,1-2H3;1-2H3/t;19?,21-;;2*6-,7?;/m.1.00./s1. The lowest BCUT2D eigenvalue weighted by molar-refractivity contribution is -0.149. The molecule has 0 spiro atoms. The van der Waals surface area contributed by atoms with Gasteiger partial charge in [-0.15, -0.1) is 28.6 Å². The number of hydrogen-bond donors (Lipinski definition) is 0. The van der Waals surface area contributed by atoms with Crippen molar-refractivity contribution >= 4 is 201 Å². The third-order valence-electron chi connectivity index (χ3n) is 24.2. The van der Waals surface area contributed by atoms with Crippen LogP contribution in [0.1, 0.15) is 75.1 Å². The van der Waals surface area contributed by atoms with Crippen molar-refractivity contribution in [3.05, 3.63) is 309 Å². The van der Waals surface area contributed by atoms with E-state index < -0.39 is 71.1 Å². The van der Waals surface area contributed by atoms with E-state index in [0.717, 1.165) is 59.2 Å². The van der Waals surface area contributed by atoms with Crippen molar-refractivity contribution in [3.8, 4) is 40.1 Å².